The SMILES string of the molecule is CC(NC(=O)[C@H]1CCN[C@@H](C)C1)c1ccc(-c2ccccc2)cc1. The quantitative estimate of drug-likeness (QED) is 0.896. The molecule has 2 aromatic carbocycles. The summed E-state index contributed by atoms with van der Waals surface area (Å²) in [5, 5.41) is 6.57. The molecule has 3 atom stereocenters. The van der Waals surface area contributed by atoms with Gasteiger partial charge in [0, 0.05) is 12.0 Å². The second-order valence-electron chi connectivity index (χ2n) is 6.79. The molecule has 0 aromatic heterocycles. The van der Waals surface area contributed by atoms with Gasteiger partial charge in [0.25, 0.3) is 0 Å². The van der Waals surface area contributed by atoms with Crippen molar-refractivity contribution in [3.8, 4) is 11.1 Å². The van der Waals surface area contributed by atoms with Gasteiger partial charge < -0.3 is 10.6 Å². The molecule has 0 aliphatic carbocycles. The van der Waals surface area contributed by atoms with E-state index < -0.39 is 0 Å². The fourth-order valence-corrected chi connectivity index (χ4v) is 3.38. The predicted molar refractivity (Wildman–Crippen MR) is 98.6 cm³/mol. The maximum atomic E-state index is 12.5. The van der Waals surface area contributed by atoms with Crippen LogP contribution in [0.15, 0.2) is 54.6 Å². The molecule has 2 aromatic rings. The molecule has 0 spiro atoms. The Labute approximate surface area is 144 Å². The van der Waals surface area contributed by atoms with Crippen molar-refractivity contribution in [3.05, 3.63) is 60.2 Å². The lowest BCUT2D eigenvalue weighted by molar-refractivity contribution is -0.126. The predicted octanol–water partition coefficient (Wildman–Crippen LogP) is 3.92. The molecule has 3 nitrogen and oxygen atoms in total. The molecule has 3 rings (SSSR count). The van der Waals surface area contributed by atoms with Gasteiger partial charge in [0.15, 0.2) is 0 Å². The summed E-state index contributed by atoms with van der Waals surface area (Å²) in [6.07, 6.45) is 1.85. The zero-order chi connectivity index (χ0) is 16.9. The summed E-state index contributed by atoms with van der Waals surface area (Å²) in [6, 6.07) is 19.3. The molecule has 0 saturated carbocycles. The minimum Gasteiger partial charge on any atom is -0.349 e. The van der Waals surface area contributed by atoms with Gasteiger partial charge in [-0.05, 0) is 49.9 Å². The second-order valence-corrected chi connectivity index (χ2v) is 6.79. The molecule has 1 fully saturated rings. The van der Waals surface area contributed by atoms with E-state index in [1.165, 1.54) is 11.1 Å². The van der Waals surface area contributed by atoms with E-state index in [1.807, 2.05) is 18.2 Å². The average molecular weight is 322 g/mol. The van der Waals surface area contributed by atoms with Crippen LogP contribution < -0.4 is 10.6 Å². The Morgan fingerprint density at radius 2 is 1.75 bits per heavy atom. The monoisotopic (exact) mass is 322 g/mol. The molecular formula is C21H26N2O. The summed E-state index contributed by atoms with van der Waals surface area (Å²) in [5.41, 5.74) is 3.56. The van der Waals surface area contributed by atoms with Crippen LogP contribution in [0, 0.1) is 5.92 Å². The molecule has 1 amide bonds. The summed E-state index contributed by atoms with van der Waals surface area (Å²) >= 11 is 0. The van der Waals surface area contributed by atoms with Crippen LogP contribution in [-0.2, 0) is 4.79 Å². The van der Waals surface area contributed by atoms with E-state index in [-0.39, 0.29) is 17.9 Å². The van der Waals surface area contributed by atoms with E-state index in [0.29, 0.717) is 6.04 Å². The molecule has 0 bridgehead atoms. The van der Waals surface area contributed by atoms with Gasteiger partial charge in [-0.25, -0.2) is 0 Å². The van der Waals surface area contributed by atoms with Crippen LogP contribution >= 0.6 is 0 Å². The van der Waals surface area contributed by atoms with E-state index in [9.17, 15) is 4.79 Å². The molecular weight excluding hydrogens is 296 g/mol. The highest BCUT2D eigenvalue weighted by Crippen LogP contribution is 2.23. The highest BCUT2D eigenvalue weighted by Gasteiger charge is 2.25. The summed E-state index contributed by atoms with van der Waals surface area (Å²) in [6.45, 7) is 5.13. The molecule has 24 heavy (non-hydrogen) atoms. The first kappa shape index (κ1) is 16.7. The van der Waals surface area contributed by atoms with Crippen molar-refractivity contribution < 1.29 is 4.79 Å². The van der Waals surface area contributed by atoms with Gasteiger partial charge >= 0.3 is 0 Å². The summed E-state index contributed by atoms with van der Waals surface area (Å²) in [5.74, 6) is 0.315. The number of hydrogen-bond donors (Lipinski definition) is 2. The van der Waals surface area contributed by atoms with Crippen LogP contribution in [0.5, 0.6) is 0 Å². The largest absolute Gasteiger partial charge is 0.349 e. The minimum atomic E-state index is 0.0347. The number of hydrogen-bond acceptors (Lipinski definition) is 2. The first-order valence-corrected chi connectivity index (χ1v) is 8.82. The standard InChI is InChI=1S/C21H26N2O/c1-15-14-20(12-13-22-15)21(24)23-16(2)17-8-10-19(11-9-17)18-6-4-3-5-7-18/h3-11,15-16,20,22H,12-14H2,1-2H3,(H,23,24)/t15-,16?,20-/m0/s1. The summed E-state index contributed by atoms with van der Waals surface area (Å²) in [7, 11) is 0. The highest BCUT2D eigenvalue weighted by atomic mass is 16.1. The number of benzene rings is 2. The van der Waals surface area contributed by atoms with Crippen molar-refractivity contribution >= 4 is 5.91 Å². The first-order valence-electron chi connectivity index (χ1n) is 8.82. The van der Waals surface area contributed by atoms with Crippen molar-refractivity contribution in [1.82, 2.24) is 10.6 Å². The van der Waals surface area contributed by atoms with Crippen molar-refractivity contribution in [2.24, 2.45) is 5.92 Å². The molecule has 1 unspecified atom stereocenters. The molecule has 2 N–H and O–H groups in total. The summed E-state index contributed by atoms with van der Waals surface area (Å²) < 4.78 is 0. The van der Waals surface area contributed by atoms with Crippen molar-refractivity contribution in [2.75, 3.05) is 6.54 Å². The number of carbonyl (C=O) groups excluding carboxylic acids is 1. The van der Waals surface area contributed by atoms with E-state index in [0.717, 1.165) is 24.9 Å². The van der Waals surface area contributed by atoms with Crippen LogP contribution in [0.1, 0.15) is 38.3 Å². The third-order valence-electron chi connectivity index (χ3n) is 4.87. The highest BCUT2D eigenvalue weighted by molar-refractivity contribution is 5.79. The second kappa shape index (κ2) is 7.63. The lowest BCUT2D eigenvalue weighted by atomic mass is 9.92. The molecule has 1 heterocycles. The number of amides is 1. The van der Waals surface area contributed by atoms with Gasteiger partial charge in [-0.1, -0.05) is 54.6 Å². The number of rotatable bonds is 4. The van der Waals surface area contributed by atoms with E-state index in [4.69, 9.17) is 0 Å². The Kier molecular flexibility index (Phi) is 5.31. The minimum absolute atomic E-state index is 0.0347. The van der Waals surface area contributed by atoms with Gasteiger partial charge in [0.05, 0.1) is 6.04 Å². The summed E-state index contributed by atoms with van der Waals surface area (Å²) in [4.78, 5) is 12.5. The lowest BCUT2D eigenvalue weighted by Crippen LogP contribution is -2.42. The van der Waals surface area contributed by atoms with Crippen molar-refractivity contribution in [3.63, 3.8) is 0 Å². The van der Waals surface area contributed by atoms with Crippen LogP contribution in [0.2, 0.25) is 0 Å². The Hall–Kier alpha value is -2.13. The first-order chi connectivity index (χ1) is 11.6. The van der Waals surface area contributed by atoms with Crippen LogP contribution in [0.3, 0.4) is 0 Å². The fraction of sp³-hybridized carbons (Fsp3) is 0.381. The van der Waals surface area contributed by atoms with Crippen LogP contribution in [0.4, 0.5) is 0 Å². The topological polar surface area (TPSA) is 41.1 Å². The Morgan fingerprint density at radius 1 is 1.08 bits per heavy atom. The Balaban J connectivity index is 1.62. The fourth-order valence-electron chi connectivity index (χ4n) is 3.38. The number of piperidine rings is 1. The maximum absolute atomic E-state index is 12.5. The van der Waals surface area contributed by atoms with Gasteiger partial charge in [0.2, 0.25) is 5.91 Å². The Bertz CT molecular complexity index is 666. The van der Waals surface area contributed by atoms with Crippen molar-refractivity contribution in [1.29, 1.82) is 0 Å². The zero-order valence-corrected chi connectivity index (χ0v) is 14.5. The van der Waals surface area contributed by atoms with E-state index >= 15 is 0 Å². The molecule has 3 heteroatoms. The Morgan fingerprint density at radius 3 is 2.42 bits per heavy atom. The number of carbonyl (C=O) groups is 1. The third-order valence-corrected chi connectivity index (χ3v) is 4.87. The zero-order valence-electron chi connectivity index (χ0n) is 14.5. The van der Waals surface area contributed by atoms with E-state index in [1.54, 1.807) is 0 Å². The smallest absolute Gasteiger partial charge is 0.223 e. The molecule has 0 radical (unpaired) electrons. The normalized spacial score (nSPS) is 21.9. The average Bonchev–Trinajstić information content (AvgIpc) is 2.62. The van der Waals surface area contributed by atoms with E-state index in [2.05, 4.69) is 60.9 Å². The maximum Gasteiger partial charge on any atom is 0.223 e. The molecule has 1 aliphatic rings. The van der Waals surface area contributed by atoms with Gasteiger partial charge in [0.1, 0.15) is 0 Å². The van der Waals surface area contributed by atoms with Gasteiger partial charge in [-0.3, -0.25) is 4.79 Å². The van der Waals surface area contributed by atoms with Crippen molar-refractivity contribution in [2.45, 2.75) is 38.8 Å². The van der Waals surface area contributed by atoms with Gasteiger partial charge in [-0.2, -0.15) is 0 Å². The molecule has 126 valence electrons. The lowest BCUT2D eigenvalue weighted by Gasteiger charge is -2.28. The van der Waals surface area contributed by atoms with Crippen LogP contribution in [0.25, 0.3) is 11.1 Å². The number of nitrogens with one attached hydrogen (secondary N) is 2. The van der Waals surface area contributed by atoms with Crippen LogP contribution in [-0.4, -0.2) is 18.5 Å². The third kappa shape index (κ3) is 4.04. The van der Waals surface area contributed by atoms with Gasteiger partial charge in [-0.15, -0.1) is 0 Å². The molecule has 1 saturated heterocycles. The molecule has 1 aliphatic heterocycles.